The normalized spacial score (nSPS) is 8.78. The zero-order valence-corrected chi connectivity index (χ0v) is 5.35. The van der Waals surface area contributed by atoms with E-state index in [0.29, 0.717) is 0 Å². The molecule has 1 N–H and O–H groups in total. The summed E-state index contributed by atoms with van der Waals surface area (Å²) in [7, 11) is 0. The van der Waals surface area contributed by atoms with Crippen LogP contribution in [0.15, 0.2) is 0 Å². The van der Waals surface area contributed by atoms with Gasteiger partial charge in [-0.2, -0.15) is 0 Å². The van der Waals surface area contributed by atoms with Crippen LogP contribution in [0.25, 0.3) is 0 Å². The number of hydrogen-bond donors (Lipinski definition) is 1. The van der Waals surface area contributed by atoms with Crippen LogP contribution in [0.4, 0.5) is 0 Å². The Labute approximate surface area is 92.9 Å². The SMILES string of the molecule is CCC(CC)C(=O)O.[SrH2]. The van der Waals surface area contributed by atoms with Crippen molar-refractivity contribution in [2.24, 2.45) is 5.92 Å². The summed E-state index contributed by atoms with van der Waals surface area (Å²) in [4.78, 5) is 10.2. The molecule has 0 saturated carbocycles. The maximum atomic E-state index is 10.2. The summed E-state index contributed by atoms with van der Waals surface area (Å²) in [6.07, 6.45) is 1.48. The third-order valence-electron chi connectivity index (χ3n) is 1.33. The van der Waals surface area contributed by atoms with E-state index in [9.17, 15) is 4.79 Å². The van der Waals surface area contributed by atoms with E-state index >= 15 is 0 Å². The Morgan fingerprint density at radius 2 is 1.78 bits per heavy atom. The predicted molar refractivity (Wildman–Crippen MR) is 40.3 cm³/mol. The Morgan fingerprint density at radius 1 is 1.44 bits per heavy atom. The first kappa shape index (κ1) is 12.6. The van der Waals surface area contributed by atoms with Gasteiger partial charge in [-0.1, -0.05) is 13.8 Å². The molecule has 0 aliphatic carbocycles. The number of hydrogen-bond acceptors (Lipinski definition) is 1. The van der Waals surface area contributed by atoms with Gasteiger partial charge in [0.15, 0.2) is 0 Å². The number of rotatable bonds is 3. The molecule has 0 aromatic heterocycles. The minimum absolute atomic E-state index is 0. The second-order valence-electron chi connectivity index (χ2n) is 1.85. The van der Waals surface area contributed by atoms with Gasteiger partial charge in [-0.3, -0.25) is 4.79 Å². The first-order valence-corrected chi connectivity index (χ1v) is 2.95. The summed E-state index contributed by atoms with van der Waals surface area (Å²) < 4.78 is 0. The standard InChI is InChI=1S/C6H12O2.Sr.2H/c1-3-5(4-2)6(7)8;;;/h5H,3-4H2,1-2H3,(H,7,8);;;. The van der Waals surface area contributed by atoms with Crippen molar-refractivity contribution in [2.45, 2.75) is 26.7 Å². The summed E-state index contributed by atoms with van der Waals surface area (Å²) in [6.45, 7) is 3.78. The van der Waals surface area contributed by atoms with E-state index in [1.807, 2.05) is 13.8 Å². The van der Waals surface area contributed by atoms with Crippen LogP contribution in [-0.4, -0.2) is 56.6 Å². The summed E-state index contributed by atoms with van der Waals surface area (Å²) >= 11 is 0. The number of aliphatic carboxylic acids is 1. The van der Waals surface area contributed by atoms with Crippen LogP contribution in [0.3, 0.4) is 0 Å². The molecule has 2 nitrogen and oxygen atoms in total. The van der Waals surface area contributed by atoms with Crippen molar-refractivity contribution < 1.29 is 9.90 Å². The molecule has 3 heteroatoms. The van der Waals surface area contributed by atoms with Gasteiger partial charge in [0.25, 0.3) is 0 Å². The monoisotopic (exact) mass is 206 g/mol. The number of carboxylic acid groups (broad SMARTS) is 1. The molecule has 0 fully saturated rings. The van der Waals surface area contributed by atoms with Crippen molar-refractivity contribution in [3.8, 4) is 0 Å². The molecule has 0 aliphatic heterocycles. The average molecular weight is 206 g/mol. The van der Waals surface area contributed by atoms with Crippen LogP contribution in [0.1, 0.15) is 26.7 Å². The van der Waals surface area contributed by atoms with Crippen molar-refractivity contribution in [1.82, 2.24) is 0 Å². The van der Waals surface area contributed by atoms with Crippen molar-refractivity contribution in [1.29, 1.82) is 0 Å². The molecule has 0 amide bonds. The molecule has 0 bridgehead atoms. The van der Waals surface area contributed by atoms with Crippen molar-refractivity contribution in [3.05, 3.63) is 0 Å². The topological polar surface area (TPSA) is 37.3 Å². The van der Waals surface area contributed by atoms with Gasteiger partial charge in [-0.15, -0.1) is 0 Å². The summed E-state index contributed by atoms with van der Waals surface area (Å²) in [5.74, 6) is -0.801. The molecule has 0 aliphatic rings. The zero-order valence-electron chi connectivity index (χ0n) is 5.35. The van der Waals surface area contributed by atoms with Gasteiger partial charge in [0.05, 0.1) is 5.92 Å². The molecule has 0 rings (SSSR count). The molecule has 0 heterocycles. The van der Waals surface area contributed by atoms with E-state index in [4.69, 9.17) is 5.11 Å². The van der Waals surface area contributed by atoms with E-state index < -0.39 is 5.97 Å². The van der Waals surface area contributed by atoms with Crippen molar-refractivity contribution in [3.63, 3.8) is 0 Å². The van der Waals surface area contributed by atoms with Crippen molar-refractivity contribution >= 4 is 51.5 Å². The van der Waals surface area contributed by atoms with Crippen LogP contribution in [0.2, 0.25) is 0 Å². The molecular weight excluding hydrogens is 192 g/mol. The van der Waals surface area contributed by atoms with E-state index in [2.05, 4.69) is 0 Å². The molecule has 0 saturated heterocycles. The predicted octanol–water partition coefficient (Wildman–Crippen LogP) is 0.591. The Bertz CT molecular complexity index is 79.1. The van der Waals surface area contributed by atoms with Crippen LogP contribution >= 0.6 is 0 Å². The Morgan fingerprint density at radius 3 is 1.78 bits per heavy atom. The van der Waals surface area contributed by atoms with E-state index in [0.717, 1.165) is 12.8 Å². The zero-order chi connectivity index (χ0) is 6.57. The molecule has 0 aromatic rings. The Hall–Kier alpha value is 0.951. The Balaban J connectivity index is 0. The average Bonchev–Trinajstić information content (AvgIpc) is 1.69. The van der Waals surface area contributed by atoms with Gasteiger partial charge in [-0.25, -0.2) is 0 Å². The minimum atomic E-state index is -0.671. The fourth-order valence-electron chi connectivity index (χ4n) is 0.638. The first-order chi connectivity index (χ1) is 3.72. The van der Waals surface area contributed by atoms with E-state index in [1.165, 1.54) is 0 Å². The number of carbonyl (C=O) groups is 1. The van der Waals surface area contributed by atoms with Gasteiger partial charge in [-0.05, 0) is 12.8 Å². The second-order valence-corrected chi connectivity index (χ2v) is 1.85. The van der Waals surface area contributed by atoms with E-state index in [1.54, 1.807) is 0 Å². The molecule has 0 radical (unpaired) electrons. The van der Waals surface area contributed by atoms with Crippen LogP contribution in [-0.2, 0) is 4.79 Å². The molecular formula is C6H14O2Sr. The van der Waals surface area contributed by atoms with Gasteiger partial charge in [0.1, 0.15) is 0 Å². The van der Waals surface area contributed by atoms with Crippen molar-refractivity contribution in [2.75, 3.05) is 0 Å². The van der Waals surface area contributed by atoms with Gasteiger partial charge in [0, 0.05) is 0 Å². The maximum absolute atomic E-state index is 10.2. The second kappa shape index (κ2) is 7.06. The fraction of sp³-hybridized carbons (Fsp3) is 0.833. The van der Waals surface area contributed by atoms with Crippen LogP contribution in [0, 0.1) is 5.92 Å². The molecule has 9 heavy (non-hydrogen) atoms. The van der Waals surface area contributed by atoms with E-state index in [-0.39, 0.29) is 51.4 Å². The first-order valence-electron chi connectivity index (χ1n) is 2.95. The summed E-state index contributed by atoms with van der Waals surface area (Å²) in [5, 5.41) is 8.37. The van der Waals surface area contributed by atoms with Crippen LogP contribution in [0.5, 0.6) is 0 Å². The summed E-state index contributed by atoms with van der Waals surface area (Å²) in [6, 6.07) is 0. The molecule has 0 atom stereocenters. The van der Waals surface area contributed by atoms with Gasteiger partial charge >= 0.3 is 51.5 Å². The van der Waals surface area contributed by atoms with Gasteiger partial charge in [0.2, 0.25) is 0 Å². The van der Waals surface area contributed by atoms with Gasteiger partial charge < -0.3 is 5.11 Å². The third-order valence-corrected chi connectivity index (χ3v) is 1.33. The molecule has 0 spiro atoms. The summed E-state index contributed by atoms with van der Waals surface area (Å²) in [5.41, 5.74) is 0. The quantitative estimate of drug-likeness (QED) is 0.686. The fourth-order valence-corrected chi connectivity index (χ4v) is 0.638. The Kier molecular flexibility index (Phi) is 9.90. The molecule has 52 valence electrons. The number of carboxylic acids is 1. The molecule has 0 aromatic carbocycles. The van der Waals surface area contributed by atoms with Crippen LogP contribution < -0.4 is 0 Å². The molecule has 0 unspecified atom stereocenters. The third kappa shape index (κ3) is 5.40.